The lowest BCUT2D eigenvalue weighted by Crippen LogP contribution is -2.50. The maximum atomic E-state index is 12.0. The zero-order valence-electron chi connectivity index (χ0n) is 13.5. The lowest BCUT2D eigenvalue weighted by Gasteiger charge is -2.41. The van der Waals surface area contributed by atoms with Gasteiger partial charge in [0, 0.05) is 25.2 Å². The number of benzene rings is 1. The minimum atomic E-state index is -0.0571. The van der Waals surface area contributed by atoms with E-state index in [4.69, 9.17) is 9.84 Å². The van der Waals surface area contributed by atoms with E-state index in [1.807, 2.05) is 0 Å². The van der Waals surface area contributed by atoms with Crippen LogP contribution in [0.15, 0.2) is 24.3 Å². The Kier molecular flexibility index (Phi) is 5.51. The van der Waals surface area contributed by atoms with E-state index in [-0.39, 0.29) is 25.2 Å². The molecule has 1 aromatic rings. The number of hydrogen-bond donors (Lipinski definition) is 2. The third kappa shape index (κ3) is 4.45. The van der Waals surface area contributed by atoms with Gasteiger partial charge in [-0.15, -0.1) is 0 Å². The summed E-state index contributed by atoms with van der Waals surface area (Å²) < 4.78 is 5.49. The predicted molar refractivity (Wildman–Crippen MR) is 88.2 cm³/mol. The van der Waals surface area contributed by atoms with Crippen LogP contribution in [0.25, 0.3) is 0 Å². The van der Waals surface area contributed by atoms with Crippen molar-refractivity contribution in [1.82, 2.24) is 10.2 Å². The van der Waals surface area contributed by atoms with Crippen molar-refractivity contribution in [2.45, 2.75) is 50.8 Å². The molecule has 2 fully saturated rings. The van der Waals surface area contributed by atoms with Gasteiger partial charge in [0.2, 0.25) is 0 Å². The second-order valence-electron chi connectivity index (χ2n) is 6.55. The van der Waals surface area contributed by atoms with E-state index in [9.17, 15) is 4.79 Å². The number of piperidine rings is 1. The highest BCUT2D eigenvalue weighted by Crippen LogP contribution is 2.27. The zero-order valence-corrected chi connectivity index (χ0v) is 13.5. The lowest BCUT2D eigenvalue weighted by atomic mass is 9.89. The largest absolute Gasteiger partial charge is 0.484 e. The number of nitrogens with one attached hydrogen (secondary N) is 1. The molecule has 5 nitrogen and oxygen atoms in total. The number of likely N-dealkylation sites (tertiary alicyclic amines) is 1. The van der Waals surface area contributed by atoms with Gasteiger partial charge in [0.15, 0.2) is 6.61 Å². The van der Waals surface area contributed by atoms with Crippen LogP contribution in [0.5, 0.6) is 5.75 Å². The van der Waals surface area contributed by atoms with Gasteiger partial charge in [0.25, 0.3) is 5.91 Å². The third-order valence-electron chi connectivity index (χ3n) is 4.96. The molecule has 1 aliphatic heterocycles. The second kappa shape index (κ2) is 7.79. The first-order valence-corrected chi connectivity index (χ1v) is 8.60. The first-order chi connectivity index (χ1) is 11.2. The minimum Gasteiger partial charge on any atom is -0.484 e. The fourth-order valence-corrected chi connectivity index (χ4v) is 3.27. The lowest BCUT2D eigenvalue weighted by molar-refractivity contribution is -0.124. The van der Waals surface area contributed by atoms with E-state index in [1.54, 1.807) is 24.3 Å². The number of aliphatic hydroxyl groups is 1. The summed E-state index contributed by atoms with van der Waals surface area (Å²) in [5, 5.41) is 12.1. The number of carbonyl (C=O) groups is 1. The molecule has 2 N–H and O–H groups in total. The Bertz CT molecular complexity index is 506. The van der Waals surface area contributed by atoms with Crippen LogP contribution < -0.4 is 10.1 Å². The molecule has 1 saturated heterocycles. The molecule has 2 aliphatic rings. The number of rotatable bonds is 6. The molecule has 1 amide bonds. The SMILES string of the molecule is O=C(COc1ccc(CO)cc1)NC1CCN(C2CCC2)CC1. The van der Waals surface area contributed by atoms with Crippen LogP contribution in [0, 0.1) is 0 Å². The fraction of sp³-hybridized carbons (Fsp3) is 0.611. The summed E-state index contributed by atoms with van der Waals surface area (Å²) in [5.74, 6) is 0.593. The molecule has 1 heterocycles. The highest BCUT2D eigenvalue weighted by Gasteiger charge is 2.29. The average molecular weight is 318 g/mol. The second-order valence-corrected chi connectivity index (χ2v) is 6.55. The van der Waals surface area contributed by atoms with Crippen molar-refractivity contribution in [2.24, 2.45) is 0 Å². The highest BCUT2D eigenvalue weighted by molar-refractivity contribution is 5.77. The molecule has 0 spiro atoms. The van der Waals surface area contributed by atoms with E-state index in [0.717, 1.165) is 37.5 Å². The zero-order chi connectivity index (χ0) is 16.1. The van der Waals surface area contributed by atoms with Gasteiger partial charge < -0.3 is 20.1 Å². The van der Waals surface area contributed by atoms with Gasteiger partial charge in [-0.3, -0.25) is 4.79 Å². The van der Waals surface area contributed by atoms with Gasteiger partial charge >= 0.3 is 0 Å². The normalized spacial score (nSPS) is 20.0. The highest BCUT2D eigenvalue weighted by atomic mass is 16.5. The van der Waals surface area contributed by atoms with E-state index in [1.165, 1.54) is 19.3 Å². The first kappa shape index (κ1) is 16.3. The number of aliphatic hydroxyl groups excluding tert-OH is 1. The molecule has 5 heteroatoms. The Morgan fingerprint density at radius 1 is 1.17 bits per heavy atom. The molecule has 1 aromatic carbocycles. The summed E-state index contributed by atoms with van der Waals surface area (Å²) in [5.41, 5.74) is 0.833. The molecule has 0 radical (unpaired) electrons. The van der Waals surface area contributed by atoms with Gasteiger partial charge in [-0.25, -0.2) is 0 Å². The van der Waals surface area contributed by atoms with Gasteiger partial charge in [-0.1, -0.05) is 18.6 Å². The molecule has 23 heavy (non-hydrogen) atoms. The van der Waals surface area contributed by atoms with Gasteiger partial charge in [-0.2, -0.15) is 0 Å². The van der Waals surface area contributed by atoms with E-state index < -0.39 is 0 Å². The monoisotopic (exact) mass is 318 g/mol. The summed E-state index contributed by atoms with van der Waals surface area (Å²) >= 11 is 0. The summed E-state index contributed by atoms with van der Waals surface area (Å²) in [7, 11) is 0. The number of ether oxygens (including phenoxy) is 1. The van der Waals surface area contributed by atoms with Crippen molar-refractivity contribution in [3.63, 3.8) is 0 Å². The van der Waals surface area contributed by atoms with Crippen LogP contribution in [0.1, 0.15) is 37.7 Å². The smallest absolute Gasteiger partial charge is 0.258 e. The Hall–Kier alpha value is -1.59. The van der Waals surface area contributed by atoms with Crippen LogP contribution in [-0.2, 0) is 11.4 Å². The van der Waals surface area contributed by atoms with Crippen LogP contribution in [-0.4, -0.2) is 47.7 Å². The van der Waals surface area contributed by atoms with Crippen molar-refractivity contribution in [3.8, 4) is 5.75 Å². The maximum absolute atomic E-state index is 12.0. The molecular formula is C18H26N2O3. The van der Waals surface area contributed by atoms with E-state index in [0.29, 0.717) is 5.75 Å². The molecule has 1 saturated carbocycles. The molecular weight excluding hydrogens is 292 g/mol. The third-order valence-corrected chi connectivity index (χ3v) is 4.96. The molecule has 126 valence electrons. The topological polar surface area (TPSA) is 61.8 Å². The summed E-state index contributed by atoms with van der Waals surface area (Å²) in [6, 6.07) is 8.22. The standard InChI is InChI=1S/C18H26N2O3/c21-12-14-4-6-17(7-5-14)23-13-18(22)19-15-8-10-20(11-9-15)16-2-1-3-16/h4-7,15-16,21H,1-3,8-13H2,(H,19,22). The summed E-state index contributed by atoms with van der Waals surface area (Å²) in [4.78, 5) is 14.6. The minimum absolute atomic E-state index is 0.0142. The first-order valence-electron chi connectivity index (χ1n) is 8.60. The quantitative estimate of drug-likeness (QED) is 0.838. The van der Waals surface area contributed by atoms with Crippen molar-refractivity contribution < 1.29 is 14.6 Å². The number of hydrogen-bond acceptors (Lipinski definition) is 4. The molecule has 3 rings (SSSR count). The Morgan fingerprint density at radius 3 is 2.43 bits per heavy atom. The molecule has 0 aromatic heterocycles. The molecule has 0 unspecified atom stereocenters. The fourth-order valence-electron chi connectivity index (χ4n) is 3.27. The van der Waals surface area contributed by atoms with Gasteiger partial charge in [0.05, 0.1) is 6.61 Å². The maximum Gasteiger partial charge on any atom is 0.258 e. The van der Waals surface area contributed by atoms with Crippen molar-refractivity contribution >= 4 is 5.91 Å². The van der Waals surface area contributed by atoms with Crippen LogP contribution >= 0.6 is 0 Å². The Morgan fingerprint density at radius 2 is 1.87 bits per heavy atom. The van der Waals surface area contributed by atoms with Crippen molar-refractivity contribution in [2.75, 3.05) is 19.7 Å². The summed E-state index contributed by atoms with van der Waals surface area (Å²) in [6.45, 7) is 2.25. The van der Waals surface area contributed by atoms with Crippen LogP contribution in [0.4, 0.5) is 0 Å². The van der Waals surface area contributed by atoms with Gasteiger partial charge in [-0.05, 0) is 43.4 Å². The van der Waals surface area contributed by atoms with Crippen molar-refractivity contribution in [3.05, 3.63) is 29.8 Å². The molecule has 1 aliphatic carbocycles. The molecule has 0 atom stereocenters. The Balaban J connectivity index is 1.36. The van der Waals surface area contributed by atoms with Crippen LogP contribution in [0.3, 0.4) is 0 Å². The number of nitrogens with zero attached hydrogens (tertiary/aromatic N) is 1. The number of amides is 1. The van der Waals surface area contributed by atoms with Crippen LogP contribution in [0.2, 0.25) is 0 Å². The van der Waals surface area contributed by atoms with E-state index >= 15 is 0 Å². The Labute approximate surface area is 137 Å². The van der Waals surface area contributed by atoms with Crippen molar-refractivity contribution in [1.29, 1.82) is 0 Å². The van der Waals surface area contributed by atoms with Gasteiger partial charge in [0.1, 0.15) is 5.75 Å². The van der Waals surface area contributed by atoms with E-state index in [2.05, 4.69) is 10.2 Å². The number of carbonyl (C=O) groups excluding carboxylic acids is 1. The molecule has 0 bridgehead atoms. The summed E-state index contributed by atoms with van der Waals surface area (Å²) in [6.07, 6.45) is 6.14. The predicted octanol–water partition coefficient (Wildman–Crippen LogP) is 1.69. The average Bonchev–Trinajstić information content (AvgIpc) is 2.53.